The first-order valence-electron chi connectivity index (χ1n) is 12.4. The van der Waals surface area contributed by atoms with Gasteiger partial charge in [-0.05, 0) is 84.7 Å². The molecule has 1 heterocycles. The molecular formula is C33H38FN. The maximum absolute atomic E-state index is 13.5. The van der Waals surface area contributed by atoms with Crippen LogP contribution in [0, 0.1) is 12.7 Å². The van der Waals surface area contributed by atoms with Gasteiger partial charge in [-0.1, -0.05) is 94.1 Å². The molecule has 0 saturated carbocycles. The van der Waals surface area contributed by atoms with Crippen LogP contribution < -0.4 is 0 Å². The van der Waals surface area contributed by atoms with Crippen molar-refractivity contribution in [1.82, 2.24) is 4.98 Å². The molecule has 1 nitrogen and oxygen atoms in total. The molecule has 3 aromatic rings. The van der Waals surface area contributed by atoms with E-state index in [0.29, 0.717) is 0 Å². The number of halogens is 1. The number of benzene rings is 2. The average molecular weight is 468 g/mol. The molecule has 0 amide bonds. The minimum Gasteiger partial charge on any atom is -0.256 e. The Bertz CT molecular complexity index is 1170. The first kappa shape index (κ1) is 27.7. The smallest absolute Gasteiger partial charge is 0.123 e. The third kappa shape index (κ3) is 7.23. The maximum Gasteiger partial charge on any atom is 0.123 e. The lowest BCUT2D eigenvalue weighted by Gasteiger charge is -2.23. The van der Waals surface area contributed by atoms with Crippen LogP contribution in [-0.2, 0) is 0 Å². The molecule has 35 heavy (non-hydrogen) atoms. The Balaban J connectivity index is 0.00000210. The molecule has 0 fully saturated rings. The first-order valence-corrected chi connectivity index (χ1v) is 12.4. The molecule has 0 N–H and O–H groups in total. The summed E-state index contributed by atoms with van der Waals surface area (Å²) in [6.45, 7) is 18.9. The molecule has 1 unspecified atom stereocenters. The summed E-state index contributed by atoms with van der Waals surface area (Å²) >= 11 is 0. The van der Waals surface area contributed by atoms with Crippen molar-refractivity contribution in [2.45, 2.75) is 53.4 Å². The Morgan fingerprint density at radius 1 is 1.00 bits per heavy atom. The van der Waals surface area contributed by atoms with Gasteiger partial charge in [-0.15, -0.1) is 0 Å². The molecule has 0 bridgehead atoms. The van der Waals surface area contributed by atoms with Gasteiger partial charge in [0, 0.05) is 11.8 Å². The number of allylic oxidation sites excluding steroid dienone is 6. The second-order valence-corrected chi connectivity index (χ2v) is 8.34. The fourth-order valence-electron chi connectivity index (χ4n) is 4.32. The highest BCUT2D eigenvalue weighted by molar-refractivity contribution is 5.98. The van der Waals surface area contributed by atoms with E-state index in [2.05, 4.69) is 69.3 Å². The quantitative estimate of drug-likeness (QED) is 0.285. The van der Waals surface area contributed by atoms with Crippen LogP contribution in [0.2, 0.25) is 0 Å². The number of nitrogens with zero attached hydrogens (tertiary/aromatic N) is 1. The summed E-state index contributed by atoms with van der Waals surface area (Å²) < 4.78 is 13.5. The maximum atomic E-state index is 13.5. The second-order valence-electron chi connectivity index (χ2n) is 8.34. The zero-order valence-electron chi connectivity index (χ0n) is 21.8. The molecule has 0 aliphatic rings. The van der Waals surface area contributed by atoms with Gasteiger partial charge in [0.15, 0.2) is 0 Å². The Hall–Kier alpha value is -3.52. The van der Waals surface area contributed by atoms with E-state index in [4.69, 9.17) is 0 Å². The fourth-order valence-corrected chi connectivity index (χ4v) is 4.32. The number of hydrogen-bond acceptors (Lipinski definition) is 1. The van der Waals surface area contributed by atoms with E-state index < -0.39 is 0 Å². The third-order valence-corrected chi connectivity index (χ3v) is 6.08. The van der Waals surface area contributed by atoms with Crippen molar-refractivity contribution in [2.24, 2.45) is 0 Å². The Morgan fingerprint density at radius 2 is 1.66 bits per heavy atom. The van der Waals surface area contributed by atoms with E-state index in [0.717, 1.165) is 46.4 Å². The molecule has 1 aromatic heterocycles. The lowest BCUT2D eigenvalue weighted by atomic mass is 9.82. The highest BCUT2D eigenvalue weighted by atomic mass is 19.1. The van der Waals surface area contributed by atoms with Crippen molar-refractivity contribution in [3.05, 3.63) is 138 Å². The first-order chi connectivity index (χ1) is 17.0. The van der Waals surface area contributed by atoms with Crippen LogP contribution in [0.25, 0.3) is 11.1 Å². The van der Waals surface area contributed by atoms with Crippen LogP contribution in [0.5, 0.6) is 0 Å². The molecule has 0 aliphatic heterocycles. The van der Waals surface area contributed by atoms with E-state index in [1.54, 1.807) is 18.3 Å². The lowest BCUT2D eigenvalue weighted by molar-refractivity contribution is 0.619. The van der Waals surface area contributed by atoms with Gasteiger partial charge in [-0.3, -0.25) is 4.98 Å². The van der Waals surface area contributed by atoms with Gasteiger partial charge in [0.25, 0.3) is 0 Å². The highest BCUT2D eigenvalue weighted by Crippen LogP contribution is 2.39. The Morgan fingerprint density at radius 3 is 2.23 bits per heavy atom. The summed E-state index contributed by atoms with van der Waals surface area (Å²) in [5.41, 5.74) is 8.62. The molecule has 0 radical (unpaired) electrons. The van der Waals surface area contributed by atoms with Crippen LogP contribution in [0.15, 0.2) is 109 Å². The van der Waals surface area contributed by atoms with Crippen LogP contribution >= 0.6 is 0 Å². The van der Waals surface area contributed by atoms with Gasteiger partial charge in [0.2, 0.25) is 0 Å². The Labute approximate surface area is 211 Å². The molecule has 1 atom stereocenters. The zero-order chi connectivity index (χ0) is 25.8. The number of hydrogen-bond donors (Lipinski definition) is 0. The van der Waals surface area contributed by atoms with Gasteiger partial charge < -0.3 is 0 Å². The predicted octanol–water partition coefficient (Wildman–Crippen LogP) is 9.74. The van der Waals surface area contributed by atoms with Crippen molar-refractivity contribution >= 4 is 11.1 Å². The molecule has 182 valence electrons. The number of rotatable bonds is 9. The summed E-state index contributed by atoms with van der Waals surface area (Å²) in [5.74, 6) is 0.0693. The molecule has 0 spiro atoms. The zero-order valence-corrected chi connectivity index (χ0v) is 21.8. The van der Waals surface area contributed by atoms with Crippen molar-refractivity contribution < 1.29 is 4.39 Å². The SMILES string of the molecule is C=C/C=C(/C(C(=C)c1ccccn1)=C(/C)CC(CC)c1ccc(F)cc1)c1ccccc1C.CC. The number of aromatic nitrogens is 1. The minimum atomic E-state index is -0.208. The van der Waals surface area contributed by atoms with Gasteiger partial charge in [0.05, 0.1) is 5.69 Å². The summed E-state index contributed by atoms with van der Waals surface area (Å²) in [4.78, 5) is 4.58. The normalized spacial score (nSPS) is 12.7. The summed E-state index contributed by atoms with van der Waals surface area (Å²) in [5, 5.41) is 0. The molecular weight excluding hydrogens is 429 g/mol. The predicted molar refractivity (Wildman–Crippen MR) is 151 cm³/mol. The fraction of sp³-hybridized carbons (Fsp3) is 0.242. The van der Waals surface area contributed by atoms with Gasteiger partial charge >= 0.3 is 0 Å². The van der Waals surface area contributed by atoms with Crippen LogP contribution in [0.1, 0.15) is 68.8 Å². The largest absolute Gasteiger partial charge is 0.256 e. The van der Waals surface area contributed by atoms with Crippen LogP contribution in [0.4, 0.5) is 4.39 Å². The van der Waals surface area contributed by atoms with E-state index in [1.807, 2.05) is 50.3 Å². The van der Waals surface area contributed by atoms with Gasteiger partial charge in [-0.2, -0.15) is 0 Å². The number of aryl methyl sites for hydroxylation is 1. The van der Waals surface area contributed by atoms with E-state index in [-0.39, 0.29) is 11.7 Å². The molecule has 0 aliphatic carbocycles. The van der Waals surface area contributed by atoms with Gasteiger partial charge in [0.1, 0.15) is 5.82 Å². The van der Waals surface area contributed by atoms with Crippen LogP contribution in [0.3, 0.4) is 0 Å². The average Bonchev–Trinajstić information content (AvgIpc) is 2.89. The van der Waals surface area contributed by atoms with E-state index in [9.17, 15) is 4.39 Å². The topological polar surface area (TPSA) is 12.9 Å². The second kappa shape index (κ2) is 14.0. The van der Waals surface area contributed by atoms with E-state index >= 15 is 0 Å². The Kier molecular flexibility index (Phi) is 11.1. The monoisotopic (exact) mass is 467 g/mol. The number of pyridine rings is 1. The van der Waals surface area contributed by atoms with Crippen molar-refractivity contribution in [2.75, 3.05) is 0 Å². The summed E-state index contributed by atoms with van der Waals surface area (Å²) in [6.07, 6.45) is 7.48. The van der Waals surface area contributed by atoms with Crippen molar-refractivity contribution in [3.63, 3.8) is 0 Å². The molecule has 3 rings (SSSR count). The summed E-state index contributed by atoms with van der Waals surface area (Å²) in [6, 6.07) is 21.1. The third-order valence-electron chi connectivity index (χ3n) is 6.08. The summed E-state index contributed by atoms with van der Waals surface area (Å²) in [7, 11) is 0. The molecule has 2 heteroatoms. The van der Waals surface area contributed by atoms with Crippen molar-refractivity contribution in [1.29, 1.82) is 0 Å². The molecule has 0 saturated heterocycles. The van der Waals surface area contributed by atoms with E-state index in [1.165, 1.54) is 11.1 Å². The standard InChI is InChI=1S/C31H32FN.C2H6/c1-6-12-29(28-14-9-8-13-22(28)3)31(24(5)30-15-10-11-20-33-30)23(4)21-25(7-2)26-16-18-27(32)19-17-26;1-2/h6,8-20,25H,1,5,7,21H2,2-4H3;1-2H3/b29-12+,31-23-;. The highest BCUT2D eigenvalue weighted by Gasteiger charge is 2.20. The molecule has 2 aromatic carbocycles. The lowest BCUT2D eigenvalue weighted by Crippen LogP contribution is -2.04. The van der Waals surface area contributed by atoms with Crippen LogP contribution in [-0.4, -0.2) is 4.98 Å². The van der Waals surface area contributed by atoms with Crippen molar-refractivity contribution in [3.8, 4) is 0 Å². The minimum absolute atomic E-state index is 0.208. The van der Waals surface area contributed by atoms with Gasteiger partial charge in [-0.25, -0.2) is 4.39 Å².